The first-order valence-electron chi connectivity index (χ1n) is 6.84. The summed E-state index contributed by atoms with van der Waals surface area (Å²) in [5.41, 5.74) is 0. The Kier molecular flexibility index (Phi) is 7.89. The maximum Gasteiger partial charge on any atom is 0.186 e. The Balaban J connectivity index is 2.57. The van der Waals surface area contributed by atoms with Crippen LogP contribution in [-0.2, 0) is 14.3 Å². The van der Waals surface area contributed by atoms with Crippen molar-refractivity contribution in [3.05, 3.63) is 0 Å². The molecule has 1 aliphatic heterocycles. The Labute approximate surface area is 130 Å². The molecule has 8 N–H and O–H groups in total. The lowest BCUT2D eigenvalue weighted by molar-refractivity contribution is -0.306. The van der Waals surface area contributed by atoms with Crippen molar-refractivity contribution >= 4 is 6.29 Å². The van der Waals surface area contributed by atoms with E-state index in [1.54, 1.807) is 0 Å². The first kappa shape index (κ1) is 20.3. The molecule has 23 heavy (non-hydrogen) atoms. The normalized spacial score (nSPS) is 37.0. The zero-order valence-electron chi connectivity index (χ0n) is 12.0. The van der Waals surface area contributed by atoms with Crippen molar-refractivity contribution in [2.45, 2.75) is 55.1 Å². The zero-order chi connectivity index (χ0) is 17.7. The molecular weight excluding hydrogens is 320 g/mol. The lowest BCUT2D eigenvalue weighted by Crippen LogP contribution is -2.59. The van der Waals surface area contributed by atoms with E-state index in [0.717, 1.165) is 0 Å². The van der Waals surface area contributed by atoms with Crippen LogP contribution in [0.4, 0.5) is 0 Å². The summed E-state index contributed by atoms with van der Waals surface area (Å²) >= 11 is 0. The summed E-state index contributed by atoms with van der Waals surface area (Å²) in [5, 5.41) is 75.4. The second-order valence-corrected chi connectivity index (χ2v) is 5.21. The largest absolute Gasteiger partial charge is 0.394 e. The Morgan fingerprint density at radius 1 is 1.00 bits per heavy atom. The number of carbonyl (C=O) groups is 1. The molecule has 1 aliphatic rings. The quantitative estimate of drug-likeness (QED) is 0.196. The van der Waals surface area contributed by atoms with Crippen LogP contribution in [0.3, 0.4) is 0 Å². The Bertz CT molecular complexity index is 365. The fraction of sp³-hybridized carbons (Fsp3) is 0.917. The molecule has 0 radical (unpaired) electrons. The van der Waals surface area contributed by atoms with E-state index >= 15 is 0 Å². The third-order valence-electron chi connectivity index (χ3n) is 3.51. The lowest BCUT2D eigenvalue weighted by atomic mass is 9.99. The zero-order valence-corrected chi connectivity index (χ0v) is 12.0. The van der Waals surface area contributed by atoms with Crippen molar-refractivity contribution in [1.82, 2.24) is 0 Å². The number of hydrogen-bond donors (Lipinski definition) is 8. The van der Waals surface area contributed by atoms with Crippen LogP contribution in [0.1, 0.15) is 0 Å². The molecule has 9 atom stereocenters. The Morgan fingerprint density at radius 3 is 2.13 bits per heavy atom. The highest BCUT2D eigenvalue weighted by atomic mass is 16.7. The van der Waals surface area contributed by atoms with Gasteiger partial charge in [-0.1, -0.05) is 0 Å². The van der Waals surface area contributed by atoms with Gasteiger partial charge in [0.15, 0.2) is 12.6 Å². The van der Waals surface area contributed by atoms with Gasteiger partial charge >= 0.3 is 0 Å². The highest BCUT2D eigenvalue weighted by Gasteiger charge is 2.44. The minimum atomic E-state index is -1.96. The summed E-state index contributed by atoms with van der Waals surface area (Å²) < 4.78 is 9.94. The molecule has 1 fully saturated rings. The molecule has 136 valence electrons. The first-order chi connectivity index (χ1) is 10.7. The molecule has 0 spiro atoms. The third-order valence-corrected chi connectivity index (χ3v) is 3.51. The summed E-state index contributed by atoms with van der Waals surface area (Å²) in [6, 6.07) is 0. The molecule has 11 heteroatoms. The van der Waals surface area contributed by atoms with Crippen LogP contribution in [-0.4, -0.2) is 115 Å². The van der Waals surface area contributed by atoms with E-state index in [1.165, 1.54) is 0 Å². The van der Waals surface area contributed by atoms with Gasteiger partial charge < -0.3 is 55.1 Å². The van der Waals surface area contributed by atoms with Gasteiger partial charge in [0.25, 0.3) is 0 Å². The van der Waals surface area contributed by atoms with Crippen LogP contribution >= 0.6 is 0 Å². The molecule has 0 unspecified atom stereocenters. The van der Waals surface area contributed by atoms with Gasteiger partial charge in [0.2, 0.25) is 0 Å². The maximum atomic E-state index is 10.3. The van der Waals surface area contributed by atoms with Gasteiger partial charge in [0.05, 0.1) is 13.2 Å². The first-order valence-corrected chi connectivity index (χ1v) is 6.84. The molecule has 1 rings (SSSR count). The lowest BCUT2D eigenvalue weighted by Gasteiger charge is -2.40. The average Bonchev–Trinajstić information content (AvgIpc) is 2.56. The van der Waals surface area contributed by atoms with E-state index in [0.29, 0.717) is 0 Å². The number of rotatable bonds is 8. The maximum absolute atomic E-state index is 10.3. The number of aldehydes is 1. The predicted molar refractivity (Wildman–Crippen MR) is 69.8 cm³/mol. The smallest absolute Gasteiger partial charge is 0.186 e. The summed E-state index contributed by atoms with van der Waals surface area (Å²) in [6.07, 6.45) is -15.3. The molecule has 0 saturated carbocycles. The molecule has 0 bridgehead atoms. The minimum Gasteiger partial charge on any atom is -0.394 e. The SMILES string of the molecule is O=C[C@H](O)[C@H](O)[C@H](O)[C@H](O)CO[C@@H]1O[C@H](CO)[C@@H](O)[C@H](O)[C@H]1O. The van der Waals surface area contributed by atoms with Crippen LogP contribution in [0.15, 0.2) is 0 Å². The Hall–Kier alpha value is -0.730. The fourth-order valence-electron chi connectivity index (χ4n) is 2.01. The monoisotopic (exact) mass is 342 g/mol. The second-order valence-electron chi connectivity index (χ2n) is 5.21. The van der Waals surface area contributed by atoms with Gasteiger partial charge in [-0.15, -0.1) is 0 Å². The number of ether oxygens (including phenoxy) is 2. The standard InChI is InChI=1S/C12H22O11/c13-1-4(15)7(17)8(18)5(16)3-22-12-11(21)10(20)9(19)6(2-14)23-12/h1,4-12,14-21H,2-3H2/t4-,5+,6+,7-,8+,9+,10-,11+,12+/m0/s1. The van der Waals surface area contributed by atoms with Crippen molar-refractivity contribution in [2.75, 3.05) is 13.2 Å². The topological polar surface area (TPSA) is 197 Å². The fourth-order valence-corrected chi connectivity index (χ4v) is 2.01. The van der Waals surface area contributed by atoms with Gasteiger partial charge in [-0.25, -0.2) is 0 Å². The number of aliphatic hydroxyl groups is 8. The predicted octanol–water partition coefficient (Wildman–Crippen LogP) is -5.55. The molecule has 0 amide bonds. The van der Waals surface area contributed by atoms with Crippen LogP contribution in [0, 0.1) is 0 Å². The van der Waals surface area contributed by atoms with Gasteiger partial charge in [-0.2, -0.15) is 0 Å². The van der Waals surface area contributed by atoms with Gasteiger partial charge in [-0.05, 0) is 0 Å². The molecule has 0 aromatic carbocycles. The van der Waals surface area contributed by atoms with E-state index in [4.69, 9.17) is 19.7 Å². The minimum absolute atomic E-state index is 0.0287. The van der Waals surface area contributed by atoms with Crippen LogP contribution in [0.25, 0.3) is 0 Å². The highest BCUT2D eigenvalue weighted by Crippen LogP contribution is 2.22. The Morgan fingerprint density at radius 2 is 1.61 bits per heavy atom. The highest BCUT2D eigenvalue weighted by molar-refractivity contribution is 5.56. The van der Waals surface area contributed by atoms with E-state index in [-0.39, 0.29) is 6.29 Å². The third kappa shape index (κ3) is 4.87. The molecule has 0 aliphatic carbocycles. The van der Waals surface area contributed by atoms with E-state index < -0.39 is 68.3 Å². The molecule has 11 nitrogen and oxygen atoms in total. The number of aliphatic hydroxyl groups excluding tert-OH is 8. The van der Waals surface area contributed by atoms with E-state index in [2.05, 4.69) is 0 Å². The summed E-state index contributed by atoms with van der Waals surface area (Å²) in [4.78, 5) is 10.3. The molecular formula is C12H22O11. The number of carbonyl (C=O) groups excluding carboxylic acids is 1. The van der Waals surface area contributed by atoms with Crippen LogP contribution in [0.5, 0.6) is 0 Å². The van der Waals surface area contributed by atoms with Crippen molar-refractivity contribution in [3.8, 4) is 0 Å². The van der Waals surface area contributed by atoms with E-state index in [1.807, 2.05) is 0 Å². The van der Waals surface area contributed by atoms with Crippen molar-refractivity contribution in [3.63, 3.8) is 0 Å². The van der Waals surface area contributed by atoms with Crippen molar-refractivity contribution in [1.29, 1.82) is 0 Å². The van der Waals surface area contributed by atoms with E-state index in [9.17, 15) is 35.4 Å². The van der Waals surface area contributed by atoms with Gasteiger partial charge in [0, 0.05) is 0 Å². The van der Waals surface area contributed by atoms with Gasteiger partial charge in [-0.3, -0.25) is 0 Å². The molecule has 0 aromatic heterocycles. The average molecular weight is 342 g/mol. The summed E-state index contributed by atoms with van der Waals surface area (Å²) in [7, 11) is 0. The van der Waals surface area contributed by atoms with Crippen LogP contribution in [0.2, 0.25) is 0 Å². The van der Waals surface area contributed by atoms with Crippen molar-refractivity contribution < 1.29 is 55.1 Å². The molecule has 1 saturated heterocycles. The van der Waals surface area contributed by atoms with Crippen LogP contribution < -0.4 is 0 Å². The second kappa shape index (κ2) is 8.94. The number of hydrogen-bond acceptors (Lipinski definition) is 11. The summed E-state index contributed by atoms with van der Waals surface area (Å²) in [5.74, 6) is 0. The molecule has 1 heterocycles. The summed E-state index contributed by atoms with van der Waals surface area (Å²) in [6.45, 7) is -1.37. The van der Waals surface area contributed by atoms with Crippen molar-refractivity contribution in [2.24, 2.45) is 0 Å². The molecule has 0 aromatic rings. The van der Waals surface area contributed by atoms with Gasteiger partial charge in [0.1, 0.15) is 48.8 Å².